The summed E-state index contributed by atoms with van der Waals surface area (Å²) in [4.78, 5) is 11.7. The van der Waals surface area contributed by atoms with E-state index in [9.17, 15) is 9.18 Å². The Bertz CT molecular complexity index is 554. The molecule has 1 heterocycles. The minimum absolute atomic E-state index is 0.00839. The van der Waals surface area contributed by atoms with Crippen molar-refractivity contribution in [3.8, 4) is 0 Å². The van der Waals surface area contributed by atoms with Crippen molar-refractivity contribution in [2.45, 2.75) is 38.9 Å². The van der Waals surface area contributed by atoms with E-state index in [-0.39, 0.29) is 17.5 Å². The highest BCUT2D eigenvalue weighted by atomic mass is 19.1. The zero-order valence-corrected chi connectivity index (χ0v) is 13.0. The van der Waals surface area contributed by atoms with Gasteiger partial charge in [0.25, 0.3) is 0 Å². The van der Waals surface area contributed by atoms with E-state index in [0.29, 0.717) is 12.2 Å². The molecule has 1 aliphatic rings. The zero-order chi connectivity index (χ0) is 16.3. The maximum absolute atomic E-state index is 13.9. The molecule has 6 nitrogen and oxygen atoms in total. The van der Waals surface area contributed by atoms with Crippen molar-refractivity contribution >= 4 is 23.2 Å². The minimum atomic E-state index is -0.648. The molecule has 0 bridgehead atoms. The summed E-state index contributed by atoms with van der Waals surface area (Å²) in [5.74, 6) is -0.606. The van der Waals surface area contributed by atoms with E-state index in [1.54, 1.807) is 26.8 Å². The fraction of sp³-hybridized carbons (Fsp3) is 0.533. The number of hydrogen-bond donors (Lipinski definition) is 3. The molecule has 1 amide bonds. The van der Waals surface area contributed by atoms with Crippen molar-refractivity contribution in [3.05, 3.63) is 17.9 Å². The average Bonchev–Trinajstić information content (AvgIpc) is 2.30. The Morgan fingerprint density at radius 2 is 2.18 bits per heavy atom. The molecule has 1 aromatic carbocycles. The molecule has 22 heavy (non-hydrogen) atoms. The van der Waals surface area contributed by atoms with Gasteiger partial charge in [-0.25, -0.2) is 9.18 Å². The van der Waals surface area contributed by atoms with Gasteiger partial charge in [0.1, 0.15) is 11.4 Å². The smallest absolute Gasteiger partial charge is 0.412 e. The highest BCUT2D eigenvalue weighted by Crippen LogP contribution is 2.27. The Morgan fingerprint density at radius 1 is 1.50 bits per heavy atom. The predicted molar refractivity (Wildman–Crippen MR) is 83.5 cm³/mol. The molecule has 7 heteroatoms. The van der Waals surface area contributed by atoms with E-state index in [0.717, 1.165) is 19.1 Å². The van der Waals surface area contributed by atoms with Gasteiger partial charge < -0.3 is 20.5 Å². The monoisotopic (exact) mass is 311 g/mol. The Labute approximate surface area is 129 Å². The van der Waals surface area contributed by atoms with E-state index in [1.165, 1.54) is 0 Å². The maximum atomic E-state index is 13.9. The van der Waals surface area contributed by atoms with Gasteiger partial charge in [-0.1, -0.05) is 0 Å². The largest absolute Gasteiger partial charge is 0.444 e. The molecule has 1 fully saturated rings. The molecule has 1 aliphatic heterocycles. The van der Waals surface area contributed by atoms with Gasteiger partial charge in [0.2, 0.25) is 0 Å². The molecule has 0 spiro atoms. The number of nitrogens with one attached hydrogen (secondary N) is 2. The Hall–Kier alpha value is -2.02. The van der Waals surface area contributed by atoms with Crippen molar-refractivity contribution in [2.75, 3.05) is 29.5 Å². The standard InChI is InChI=1S/C15H22FN3O3/c1-15(2,3)22-14(20)19-9-6-11(16)13(17)12(7-9)18-8-10-4-5-21-10/h6-7,10,18H,4-5,8,17H2,1-3H3,(H,19,20)/t10-/m0/s1. The number of nitrogen functional groups attached to an aromatic ring is 1. The second-order valence-corrected chi connectivity index (χ2v) is 6.21. The molecular weight excluding hydrogens is 289 g/mol. The van der Waals surface area contributed by atoms with Crippen LogP contribution in [-0.2, 0) is 9.47 Å². The number of carbonyl (C=O) groups is 1. The summed E-state index contributed by atoms with van der Waals surface area (Å²) in [7, 11) is 0. The van der Waals surface area contributed by atoms with Crippen LogP contribution in [0.3, 0.4) is 0 Å². The predicted octanol–water partition coefficient (Wildman–Crippen LogP) is 2.96. The van der Waals surface area contributed by atoms with Crippen LogP contribution in [-0.4, -0.2) is 30.9 Å². The van der Waals surface area contributed by atoms with Crippen LogP contribution in [0.4, 0.5) is 26.2 Å². The molecule has 0 saturated carbocycles. The first-order valence-electron chi connectivity index (χ1n) is 7.19. The van der Waals surface area contributed by atoms with Crippen LogP contribution in [0.5, 0.6) is 0 Å². The lowest BCUT2D eigenvalue weighted by Gasteiger charge is -2.27. The number of nitrogens with two attached hydrogens (primary N) is 1. The Morgan fingerprint density at radius 3 is 2.73 bits per heavy atom. The topological polar surface area (TPSA) is 85.6 Å². The third-order valence-electron chi connectivity index (χ3n) is 3.09. The average molecular weight is 311 g/mol. The van der Waals surface area contributed by atoms with E-state index < -0.39 is 17.5 Å². The van der Waals surface area contributed by atoms with Crippen LogP contribution in [0.2, 0.25) is 0 Å². The fourth-order valence-electron chi connectivity index (χ4n) is 1.93. The minimum Gasteiger partial charge on any atom is -0.444 e. The number of halogens is 1. The number of anilines is 3. The van der Waals surface area contributed by atoms with Gasteiger partial charge in [-0.15, -0.1) is 0 Å². The first-order chi connectivity index (χ1) is 10.2. The summed E-state index contributed by atoms with van der Waals surface area (Å²) in [5.41, 5.74) is 5.78. The first-order valence-corrected chi connectivity index (χ1v) is 7.19. The van der Waals surface area contributed by atoms with Crippen LogP contribution in [0, 0.1) is 5.82 Å². The highest BCUT2D eigenvalue weighted by molar-refractivity contribution is 5.87. The quantitative estimate of drug-likeness (QED) is 0.744. The molecule has 0 unspecified atom stereocenters. The van der Waals surface area contributed by atoms with Crippen molar-refractivity contribution in [2.24, 2.45) is 0 Å². The summed E-state index contributed by atoms with van der Waals surface area (Å²) in [5, 5.41) is 5.53. The van der Waals surface area contributed by atoms with Crippen LogP contribution >= 0.6 is 0 Å². The number of benzene rings is 1. The summed E-state index contributed by atoms with van der Waals surface area (Å²) < 4.78 is 24.3. The van der Waals surface area contributed by atoms with Gasteiger partial charge in [0.05, 0.1) is 17.5 Å². The van der Waals surface area contributed by atoms with Crippen molar-refractivity contribution in [1.82, 2.24) is 0 Å². The Balaban J connectivity index is 2.04. The lowest BCUT2D eigenvalue weighted by molar-refractivity contribution is -0.0410. The van der Waals surface area contributed by atoms with Gasteiger partial charge in [-0.2, -0.15) is 0 Å². The van der Waals surface area contributed by atoms with Gasteiger partial charge in [-0.05, 0) is 39.3 Å². The van der Waals surface area contributed by atoms with Gasteiger partial charge >= 0.3 is 6.09 Å². The van der Waals surface area contributed by atoms with Gasteiger partial charge in [-0.3, -0.25) is 5.32 Å². The molecule has 1 atom stereocenters. The van der Waals surface area contributed by atoms with Crippen LogP contribution in [0.1, 0.15) is 27.2 Å². The third kappa shape index (κ3) is 4.49. The van der Waals surface area contributed by atoms with Crippen LogP contribution in [0.25, 0.3) is 0 Å². The van der Waals surface area contributed by atoms with E-state index in [2.05, 4.69) is 10.6 Å². The third-order valence-corrected chi connectivity index (χ3v) is 3.09. The summed E-state index contributed by atoms with van der Waals surface area (Å²) in [6.07, 6.45) is 0.431. The number of ether oxygens (including phenoxy) is 2. The summed E-state index contributed by atoms with van der Waals surface area (Å²) in [6.45, 7) is 6.54. The molecule has 0 radical (unpaired) electrons. The van der Waals surface area contributed by atoms with Gasteiger partial charge in [0, 0.05) is 18.8 Å². The van der Waals surface area contributed by atoms with Gasteiger partial charge in [0.15, 0.2) is 0 Å². The zero-order valence-electron chi connectivity index (χ0n) is 13.0. The van der Waals surface area contributed by atoms with Crippen LogP contribution < -0.4 is 16.4 Å². The molecular formula is C15H22FN3O3. The highest BCUT2D eigenvalue weighted by Gasteiger charge is 2.20. The summed E-state index contributed by atoms with van der Waals surface area (Å²) in [6, 6.07) is 2.73. The number of carbonyl (C=O) groups excluding carboxylic acids is 1. The van der Waals surface area contributed by atoms with E-state index in [1.807, 2.05) is 0 Å². The number of rotatable bonds is 4. The first kappa shape index (κ1) is 16.4. The Kier molecular flexibility index (Phi) is 4.75. The molecule has 0 aliphatic carbocycles. The maximum Gasteiger partial charge on any atom is 0.412 e. The van der Waals surface area contributed by atoms with E-state index in [4.69, 9.17) is 15.2 Å². The SMILES string of the molecule is CC(C)(C)OC(=O)Nc1cc(F)c(N)c(NC[C@@H]2CCO2)c1. The van der Waals surface area contributed by atoms with Crippen molar-refractivity contribution in [1.29, 1.82) is 0 Å². The molecule has 1 aromatic rings. The van der Waals surface area contributed by atoms with E-state index >= 15 is 0 Å². The molecule has 4 N–H and O–H groups in total. The second kappa shape index (κ2) is 6.39. The lowest BCUT2D eigenvalue weighted by Crippen LogP contribution is -2.33. The molecule has 0 aromatic heterocycles. The number of amides is 1. The normalized spacial score (nSPS) is 17.5. The van der Waals surface area contributed by atoms with Crippen LogP contribution in [0.15, 0.2) is 12.1 Å². The summed E-state index contributed by atoms with van der Waals surface area (Å²) >= 11 is 0. The second-order valence-electron chi connectivity index (χ2n) is 6.21. The fourth-order valence-corrected chi connectivity index (χ4v) is 1.93. The lowest BCUT2D eigenvalue weighted by atomic mass is 10.1. The molecule has 2 rings (SSSR count). The molecule has 122 valence electrons. The molecule has 1 saturated heterocycles. The number of hydrogen-bond acceptors (Lipinski definition) is 5. The van der Waals surface area contributed by atoms with Crippen molar-refractivity contribution in [3.63, 3.8) is 0 Å². The van der Waals surface area contributed by atoms with Crippen molar-refractivity contribution < 1.29 is 18.7 Å².